The Balaban J connectivity index is 2.28. The molecule has 0 saturated carbocycles. The number of carbonyl (C=O) groups is 1. The first-order valence-electron chi connectivity index (χ1n) is 7.40. The maximum absolute atomic E-state index is 13.1. The zero-order valence-electron chi connectivity index (χ0n) is 12.8. The van der Waals surface area contributed by atoms with Crippen LogP contribution < -0.4 is 0 Å². The predicted octanol–water partition coefficient (Wildman–Crippen LogP) is 4.69. The van der Waals surface area contributed by atoms with E-state index in [0.717, 1.165) is 22.7 Å². The minimum absolute atomic E-state index is 0.187. The molecule has 3 rings (SSSR count). The van der Waals surface area contributed by atoms with Crippen LogP contribution in [-0.4, -0.2) is 13.9 Å². The second-order valence-corrected chi connectivity index (χ2v) is 11.3. The van der Waals surface area contributed by atoms with E-state index in [1.165, 1.54) is 10.8 Å². The fourth-order valence-electron chi connectivity index (χ4n) is 3.10. The van der Waals surface area contributed by atoms with Gasteiger partial charge in [0.2, 0.25) is 0 Å². The molecule has 1 nitrogen and oxygen atoms in total. The van der Waals surface area contributed by atoms with Crippen LogP contribution in [-0.2, 0) is 6.04 Å². The van der Waals surface area contributed by atoms with Gasteiger partial charge in [0, 0.05) is 11.1 Å². The number of hydrogen-bond donors (Lipinski definition) is 0. The maximum Gasteiger partial charge on any atom is 0.193 e. The molecular formula is C19H20OSi. The number of rotatable bonds is 1. The van der Waals surface area contributed by atoms with Gasteiger partial charge in [-0.25, -0.2) is 0 Å². The quantitative estimate of drug-likeness (QED) is 0.697. The maximum atomic E-state index is 13.1. The molecule has 2 aromatic carbocycles. The van der Waals surface area contributed by atoms with Gasteiger partial charge in [0.1, 0.15) is 0 Å². The second kappa shape index (κ2) is 5.12. The van der Waals surface area contributed by atoms with Crippen LogP contribution >= 0.6 is 0 Å². The number of allylic oxidation sites excluding steroid dienone is 2. The van der Waals surface area contributed by atoms with Crippen molar-refractivity contribution in [2.45, 2.75) is 26.1 Å². The molecule has 0 spiro atoms. The molecule has 1 aliphatic heterocycles. The molecule has 0 atom stereocenters. The molecule has 1 aliphatic rings. The molecule has 0 aromatic heterocycles. The first-order chi connectivity index (χ1) is 10.0. The molecule has 0 N–H and O–H groups in total. The molecule has 1 heterocycles. The molecular weight excluding hydrogens is 272 g/mol. The van der Waals surface area contributed by atoms with Crippen LogP contribution in [0.2, 0.25) is 13.1 Å². The lowest BCUT2D eigenvalue weighted by Gasteiger charge is -2.24. The topological polar surface area (TPSA) is 17.1 Å². The van der Waals surface area contributed by atoms with Crippen molar-refractivity contribution in [2.24, 2.45) is 0 Å². The standard InChI is InChI=1S/C19H20OSi/c1-14-18(15-9-5-4-6-10-15)19(20)17-12-8-7-11-16(17)13-21(14,2)3/h4-12H,13H2,1-3H3. The summed E-state index contributed by atoms with van der Waals surface area (Å²) in [6, 6.07) is 19.3. The fourth-order valence-corrected chi connectivity index (χ4v) is 5.56. The highest BCUT2D eigenvalue weighted by Gasteiger charge is 2.34. The van der Waals surface area contributed by atoms with Gasteiger partial charge in [-0.1, -0.05) is 72.9 Å². The first kappa shape index (κ1) is 14.0. The summed E-state index contributed by atoms with van der Waals surface area (Å²) >= 11 is 0. The molecule has 2 aromatic rings. The van der Waals surface area contributed by atoms with Crippen molar-refractivity contribution < 1.29 is 4.79 Å². The summed E-state index contributed by atoms with van der Waals surface area (Å²) in [5.74, 6) is 0.187. The van der Waals surface area contributed by atoms with Gasteiger partial charge >= 0.3 is 0 Å². The summed E-state index contributed by atoms with van der Waals surface area (Å²) in [6.45, 7) is 6.89. The lowest BCUT2D eigenvalue weighted by Crippen LogP contribution is -2.31. The van der Waals surface area contributed by atoms with Crippen LogP contribution in [0.3, 0.4) is 0 Å². The van der Waals surface area contributed by atoms with Crippen molar-refractivity contribution in [1.82, 2.24) is 0 Å². The molecule has 0 saturated heterocycles. The lowest BCUT2D eigenvalue weighted by molar-refractivity contribution is 0.105. The molecule has 0 amide bonds. The van der Waals surface area contributed by atoms with Crippen LogP contribution in [0.15, 0.2) is 59.8 Å². The lowest BCUT2D eigenvalue weighted by atomic mass is 9.94. The van der Waals surface area contributed by atoms with Gasteiger partial charge in [-0.15, -0.1) is 0 Å². The van der Waals surface area contributed by atoms with Crippen LogP contribution in [0.5, 0.6) is 0 Å². The van der Waals surface area contributed by atoms with E-state index in [1.54, 1.807) is 0 Å². The Bertz CT molecular complexity index is 726. The smallest absolute Gasteiger partial charge is 0.193 e. The van der Waals surface area contributed by atoms with E-state index in [2.05, 4.69) is 38.2 Å². The Morgan fingerprint density at radius 1 is 0.905 bits per heavy atom. The Kier molecular flexibility index (Phi) is 3.42. The Labute approximate surface area is 127 Å². The number of fused-ring (bicyclic) bond motifs is 1. The van der Waals surface area contributed by atoms with E-state index >= 15 is 0 Å². The summed E-state index contributed by atoms with van der Waals surface area (Å²) in [7, 11) is -1.62. The molecule has 0 bridgehead atoms. The summed E-state index contributed by atoms with van der Waals surface area (Å²) in [4.78, 5) is 13.1. The third kappa shape index (κ3) is 2.40. The summed E-state index contributed by atoms with van der Waals surface area (Å²) in [5.41, 5.74) is 4.08. The van der Waals surface area contributed by atoms with Crippen molar-refractivity contribution in [3.05, 3.63) is 76.5 Å². The number of carbonyl (C=O) groups excluding carboxylic acids is 1. The van der Waals surface area contributed by atoms with E-state index in [9.17, 15) is 4.79 Å². The first-order valence-corrected chi connectivity index (χ1v) is 10.6. The van der Waals surface area contributed by atoms with E-state index in [0.29, 0.717) is 0 Å². The van der Waals surface area contributed by atoms with Crippen molar-refractivity contribution in [3.8, 4) is 0 Å². The van der Waals surface area contributed by atoms with Gasteiger partial charge in [0.05, 0.1) is 8.07 Å². The van der Waals surface area contributed by atoms with Gasteiger partial charge in [0.25, 0.3) is 0 Å². The average molecular weight is 292 g/mol. The fraction of sp³-hybridized carbons (Fsp3) is 0.211. The highest BCUT2D eigenvalue weighted by atomic mass is 28.3. The number of Topliss-reactive ketones (excluding diaryl/α,β-unsaturated/α-hetero) is 1. The third-order valence-electron chi connectivity index (χ3n) is 4.57. The molecule has 0 radical (unpaired) electrons. The van der Waals surface area contributed by atoms with Gasteiger partial charge < -0.3 is 0 Å². The summed E-state index contributed by atoms with van der Waals surface area (Å²) in [6.07, 6.45) is 0. The highest BCUT2D eigenvalue weighted by Crippen LogP contribution is 2.35. The van der Waals surface area contributed by atoms with Crippen molar-refractivity contribution in [2.75, 3.05) is 0 Å². The summed E-state index contributed by atoms with van der Waals surface area (Å²) < 4.78 is 0. The molecule has 106 valence electrons. The number of benzene rings is 2. The van der Waals surface area contributed by atoms with E-state index < -0.39 is 8.07 Å². The van der Waals surface area contributed by atoms with Gasteiger partial charge in [0.15, 0.2) is 5.78 Å². The highest BCUT2D eigenvalue weighted by molar-refractivity contribution is 6.85. The third-order valence-corrected chi connectivity index (χ3v) is 8.12. The summed E-state index contributed by atoms with van der Waals surface area (Å²) in [5, 5.41) is 1.31. The second-order valence-electron chi connectivity index (χ2n) is 6.41. The zero-order chi connectivity index (χ0) is 15.0. The van der Waals surface area contributed by atoms with Crippen LogP contribution in [0, 0.1) is 0 Å². The Hall–Kier alpha value is -1.93. The molecule has 21 heavy (non-hydrogen) atoms. The van der Waals surface area contributed by atoms with Gasteiger partial charge in [-0.05, 0) is 24.1 Å². The van der Waals surface area contributed by atoms with Crippen molar-refractivity contribution in [1.29, 1.82) is 0 Å². The number of ketones is 1. The SMILES string of the molecule is CC1=C(c2ccccc2)C(=O)c2ccccc2C[Si]1(C)C. The minimum Gasteiger partial charge on any atom is -0.289 e. The van der Waals surface area contributed by atoms with Crippen molar-refractivity contribution in [3.63, 3.8) is 0 Å². The molecule has 0 fully saturated rings. The van der Waals surface area contributed by atoms with E-state index in [1.807, 2.05) is 36.4 Å². The van der Waals surface area contributed by atoms with Gasteiger partial charge in [-0.3, -0.25) is 4.79 Å². The predicted molar refractivity (Wildman–Crippen MR) is 91.0 cm³/mol. The molecule has 0 aliphatic carbocycles. The minimum atomic E-state index is -1.62. The van der Waals surface area contributed by atoms with Gasteiger partial charge in [-0.2, -0.15) is 0 Å². The monoisotopic (exact) mass is 292 g/mol. The van der Waals surface area contributed by atoms with Crippen molar-refractivity contribution >= 4 is 19.4 Å². The molecule has 2 heteroatoms. The normalized spacial score (nSPS) is 17.4. The van der Waals surface area contributed by atoms with Crippen LogP contribution in [0.25, 0.3) is 5.57 Å². The Morgan fingerprint density at radius 2 is 1.52 bits per heavy atom. The van der Waals surface area contributed by atoms with E-state index in [-0.39, 0.29) is 5.78 Å². The number of hydrogen-bond acceptors (Lipinski definition) is 1. The zero-order valence-corrected chi connectivity index (χ0v) is 13.8. The van der Waals surface area contributed by atoms with E-state index in [4.69, 9.17) is 0 Å². The van der Waals surface area contributed by atoms with Crippen LogP contribution in [0.1, 0.15) is 28.4 Å². The van der Waals surface area contributed by atoms with Crippen LogP contribution in [0.4, 0.5) is 0 Å². The largest absolute Gasteiger partial charge is 0.289 e. The molecule has 0 unspecified atom stereocenters. The Morgan fingerprint density at radius 3 is 2.24 bits per heavy atom. The average Bonchev–Trinajstić information content (AvgIpc) is 2.55.